The maximum absolute atomic E-state index is 4.33. The average molecular weight is 241 g/mol. The minimum absolute atomic E-state index is 0.592. The average Bonchev–Trinajstić information content (AvgIpc) is 2.51. The molecule has 4 heteroatoms. The SMILES string of the molecule is Cc1cc(SCCNC(C)C(C)C)n(C)n1. The Bertz CT molecular complexity index is 320. The van der Waals surface area contributed by atoms with Gasteiger partial charge in [0.25, 0.3) is 0 Å². The molecule has 0 aliphatic rings. The molecule has 0 aliphatic carbocycles. The first-order chi connectivity index (χ1) is 7.50. The molecule has 0 radical (unpaired) electrons. The molecule has 0 saturated heterocycles. The largest absolute Gasteiger partial charge is 0.313 e. The summed E-state index contributed by atoms with van der Waals surface area (Å²) in [5, 5.41) is 9.10. The zero-order valence-electron chi connectivity index (χ0n) is 10.9. The van der Waals surface area contributed by atoms with Gasteiger partial charge in [0, 0.05) is 25.4 Å². The molecular weight excluding hydrogens is 218 g/mol. The van der Waals surface area contributed by atoms with E-state index in [-0.39, 0.29) is 0 Å². The van der Waals surface area contributed by atoms with Gasteiger partial charge in [-0.05, 0) is 25.8 Å². The molecule has 0 aromatic carbocycles. The van der Waals surface area contributed by atoms with Crippen molar-refractivity contribution >= 4 is 11.8 Å². The summed E-state index contributed by atoms with van der Waals surface area (Å²) in [6.07, 6.45) is 0. The van der Waals surface area contributed by atoms with Crippen LogP contribution in [0.15, 0.2) is 11.1 Å². The van der Waals surface area contributed by atoms with Gasteiger partial charge in [0.2, 0.25) is 0 Å². The Hall–Kier alpha value is -0.480. The van der Waals surface area contributed by atoms with Crippen LogP contribution in [0.2, 0.25) is 0 Å². The van der Waals surface area contributed by atoms with Crippen LogP contribution < -0.4 is 5.32 Å². The third-order valence-electron chi connectivity index (χ3n) is 2.78. The van der Waals surface area contributed by atoms with Crippen molar-refractivity contribution < 1.29 is 0 Å². The van der Waals surface area contributed by atoms with E-state index in [1.165, 1.54) is 5.03 Å². The predicted octanol–water partition coefficient (Wildman–Crippen LogP) is 2.45. The number of hydrogen-bond donors (Lipinski definition) is 1. The normalized spacial score (nSPS) is 13.4. The Morgan fingerprint density at radius 1 is 1.44 bits per heavy atom. The van der Waals surface area contributed by atoms with Gasteiger partial charge in [-0.3, -0.25) is 4.68 Å². The molecule has 3 nitrogen and oxygen atoms in total. The van der Waals surface area contributed by atoms with Gasteiger partial charge >= 0.3 is 0 Å². The summed E-state index contributed by atoms with van der Waals surface area (Å²) in [6.45, 7) is 9.81. The second-order valence-corrected chi connectivity index (χ2v) is 5.70. The van der Waals surface area contributed by atoms with E-state index in [2.05, 4.69) is 37.3 Å². The number of thioether (sulfide) groups is 1. The maximum atomic E-state index is 4.33. The van der Waals surface area contributed by atoms with Crippen LogP contribution in [0, 0.1) is 12.8 Å². The fourth-order valence-electron chi connectivity index (χ4n) is 1.40. The molecule has 0 aliphatic heterocycles. The van der Waals surface area contributed by atoms with Crippen LogP contribution in [-0.2, 0) is 7.05 Å². The van der Waals surface area contributed by atoms with Gasteiger partial charge in [-0.2, -0.15) is 5.10 Å². The minimum Gasteiger partial charge on any atom is -0.313 e. The van der Waals surface area contributed by atoms with E-state index in [1.54, 1.807) is 0 Å². The van der Waals surface area contributed by atoms with Crippen molar-refractivity contribution in [2.75, 3.05) is 12.3 Å². The monoisotopic (exact) mass is 241 g/mol. The van der Waals surface area contributed by atoms with Crippen LogP contribution >= 0.6 is 11.8 Å². The van der Waals surface area contributed by atoms with Crippen molar-refractivity contribution in [1.29, 1.82) is 0 Å². The zero-order chi connectivity index (χ0) is 12.1. The number of nitrogens with one attached hydrogen (secondary N) is 1. The van der Waals surface area contributed by atoms with Crippen molar-refractivity contribution in [2.24, 2.45) is 13.0 Å². The summed E-state index contributed by atoms with van der Waals surface area (Å²) in [5.41, 5.74) is 1.09. The first kappa shape index (κ1) is 13.6. The summed E-state index contributed by atoms with van der Waals surface area (Å²) in [4.78, 5) is 0. The van der Waals surface area contributed by atoms with Crippen LogP contribution in [-0.4, -0.2) is 28.1 Å². The lowest BCUT2D eigenvalue weighted by Crippen LogP contribution is -2.32. The zero-order valence-corrected chi connectivity index (χ0v) is 11.8. The van der Waals surface area contributed by atoms with Crippen LogP contribution in [0.4, 0.5) is 0 Å². The van der Waals surface area contributed by atoms with Crippen LogP contribution in [0.25, 0.3) is 0 Å². The number of nitrogens with zero attached hydrogens (tertiary/aromatic N) is 2. The Morgan fingerprint density at radius 3 is 2.62 bits per heavy atom. The maximum Gasteiger partial charge on any atom is 0.0939 e. The minimum atomic E-state index is 0.592. The molecule has 1 atom stereocenters. The van der Waals surface area contributed by atoms with Gasteiger partial charge in [-0.25, -0.2) is 0 Å². The lowest BCUT2D eigenvalue weighted by Gasteiger charge is -2.16. The van der Waals surface area contributed by atoms with E-state index in [4.69, 9.17) is 0 Å². The van der Waals surface area contributed by atoms with Crippen molar-refractivity contribution in [3.8, 4) is 0 Å². The summed E-state index contributed by atoms with van der Waals surface area (Å²) in [7, 11) is 2.00. The van der Waals surface area contributed by atoms with E-state index in [9.17, 15) is 0 Å². The van der Waals surface area contributed by atoms with Gasteiger partial charge < -0.3 is 5.32 Å². The highest BCUT2D eigenvalue weighted by atomic mass is 32.2. The molecule has 0 saturated carbocycles. The van der Waals surface area contributed by atoms with Gasteiger partial charge in [0.05, 0.1) is 10.7 Å². The second-order valence-electron chi connectivity index (χ2n) is 4.58. The molecule has 1 aromatic rings. The number of rotatable bonds is 6. The van der Waals surface area contributed by atoms with Crippen LogP contribution in [0.3, 0.4) is 0 Å². The summed E-state index contributed by atoms with van der Waals surface area (Å²) < 4.78 is 1.95. The lowest BCUT2D eigenvalue weighted by atomic mass is 10.1. The molecular formula is C12H23N3S. The topological polar surface area (TPSA) is 29.9 Å². The van der Waals surface area contributed by atoms with E-state index in [0.717, 1.165) is 18.0 Å². The number of hydrogen-bond acceptors (Lipinski definition) is 3. The second kappa shape index (κ2) is 6.30. The predicted molar refractivity (Wildman–Crippen MR) is 71.0 cm³/mol. The molecule has 0 fully saturated rings. The van der Waals surface area contributed by atoms with Crippen molar-refractivity contribution in [1.82, 2.24) is 15.1 Å². The summed E-state index contributed by atoms with van der Waals surface area (Å²) in [5.74, 6) is 1.79. The van der Waals surface area contributed by atoms with E-state index in [0.29, 0.717) is 12.0 Å². The molecule has 1 heterocycles. The third-order valence-corrected chi connectivity index (χ3v) is 3.86. The molecule has 1 unspecified atom stereocenters. The standard InChI is InChI=1S/C12H23N3S/c1-9(2)11(4)13-6-7-16-12-8-10(3)14-15(12)5/h8-9,11,13H,6-7H2,1-5H3. The van der Waals surface area contributed by atoms with Gasteiger partial charge in [0.1, 0.15) is 0 Å². The molecule has 0 bridgehead atoms. The molecule has 1 N–H and O–H groups in total. The smallest absolute Gasteiger partial charge is 0.0939 e. The third kappa shape index (κ3) is 4.18. The molecule has 1 aromatic heterocycles. The lowest BCUT2D eigenvalue weighted by molar-refractivity contribution is 0.438. The first-order valence-corrected chi connectivity index (χ1v) is 6.86. The summed E-state index contributed by atoms with van der Waals surface area (Å²) >= 11 is 1.86. The Balaban J connectivity index is 2.23. The Labute approximate surface area is 103 Å². The number of aryl methyl sites for hydroxylation is 2. The van der Waals surface area contributed by atoms with Crippen LogP contribution in [0.1, 0.15) is 26.5 Å². The van der Waals surface area contributed by atoms with E-state index < -0.39 is 0 Å². The molecule has 0 amide bonds. The molecule has 0 spiro atoms. The fourth-order valence-corrected chi connectivity index (χ4v) is 2.31. The van der Waals surface area contributed by atoms with Crippen molar-refractivity contribution in [3.63, 3.8) is 0 Å². The highest BCUT2D eigenvalue weighted by molar-refractivity contribution is 7.99. The van der Waals surface area contributed by atoms with E-state index >= 15 is 0 Å². The fraction of sp³-hybridized carbons (Fsp3) is 0.750. The Morgan fingerprint density at radius 2 is 2.12 bits per heavy atom. The number of aromatic nitrogens is 2. The van der Waals surface area contributed by atoms with Crippen LogP contribution in [0.5, 0.6) is 0 Å². The summed E-state index contributed by atoms with van der Waals surface area (Å²) in [6, 6.07) is 2.73. The van der Waals surface area contributed by atoms with Crippen molar-refractivity contribution in [2.45, 2.75) is 38.8 Å². The first-order valence-electron chi connectivity index (χ1n) is 5.87. The molecule has 16 heavy (non-hydrogen) atoms. The highest BCUT2D eigenvalue weighted by Crippen LogP contribution is 2.17. The van der Waals surface area contributed by atoms with Gasteiger partial charge in [-0.15, -0.1) is 11.8 Å². The van der Waals surface area contributed by atoms with Crippen molar-refractivity contribution in [3.05, 3.63) is 11.8 Å². The van der Waals surface area contributed by atoms with Gasteiger partial charge in [-0.1, -0.05) is 13.8 Å². The Kier molecular flexibility index (Phi) is 5.35. The molecule has 1 rings (SSSR count). The van der Waals surface area contributed by atoms with E-state index in [1.807, 2.05) is 30.4 Å². The highest BCUT2D eigenvalue weighted by Gasteiger charge is 2.06. The van der Waals surface area contributed by atoms with Gasteiger partial charge in [0.15, 0.2) is 0 Å². The quantitative estimate of drug-likeness (QED) is 0.613. The molecule has 92 valence electrons.